The average Bonchev–Trinajstić information content (AvgIpc) is 2.81. The molecule has 3 nitrogen and oxygen atoms in total. The van der Waals surface area contributed by atoms with E-state index in [2.05, 4.69) is 11.4 Å². The SMILES string of the molecule is CC(C)CC(=O)NC(C#N)C1CC1. The van der Waals surface area contributed by atoms with Crippen LogP contribution in [-0.4, -0.2) is 11.9 Å². The van der Waals surface area contributed by atoms with E-state index in [0.29, 0.717) is 18.3 Å². The molecule has 3 heteroatoms. The molecule has 0 aromatic rings. The fourth-order valence-electron chi connectivity index (χ4n) is 1.29. The van der Waals surface area contributed by atoms with Gasteiger partial charge in [-0.15, -0.1) is 0 Å². The van der Waals surface area contributed by atoms with Crippen molar-refractivity contribution >= 4 is 5.91 Å². The second-order valence-electron chi connectivity index (χ2n) is 4.11. The number of nitrogens with zero attached hydrogens (tertiary/aromatic N) is 1. The second-order valence-corrected chi connectivity index (χ2v) is 4.11. The molecule has 1 saturated carbocycles. The van der Waals surface area contributed by atoms with Gasteiger partial charge >= 0.3 is 0 Å². The van der Waals surface area contributed by atoms with E-state index in [4.69, 9.17) is 5.26 Å². The summed E-state index contributed by atoms with van der Waals surface area (Å²) in [6, 6.07) is 1.89. The largest absolute Gasteiger partial charge is 0.340 e. The number of nitrogens with one attached hydrogen (secondary N) is 1. The van der Waals surface area contributed by atoms with Crippen LogP contribution in [0.5, 0.6) is 0 Å². The fraction of sp³-hybridized carbons (Fsp3) is 0.800. The van der Waals surface area contributed by atoms with Crippen molar-refractivity contribution in [3.63, 3.8) is 0 Å². The number of carbonyl (C=O) groups is 1. The van der Waals surface area contributed by atoms with Gasteiger partial charge in [0.1, 0.15) is 6.04 Å². The Bertz CT molecular complexity index is 226. The first-order chi connectivity index (χ1) is 6.13. The summed E-state index contributed by atoms with van der Waals surface area (Å²) >= 11 is 0. The lowest BCUT2D eigenvalue weighted by Crippen LogP contribution is -2.35. The molecule has 1 N–H and O–H groups in total. The molecule has 0 radical (unpaired) electrons. The van der Waals surface area contributed by atoms with Gasteiger partial charge in [0.05, 0.1) is 6.07 Å². The van der Waals surface area contributed by atoms with Crippen LogP contribution < -0.4 is 5.32 Å². The Hall–Kier alpha value is -1.04. The van der Waals surface area contributed by atoms with Gasteiger partial charge in [0, 0.05) is 6.42 Å². The van der Waals surface area contributed by atoms with Gasteiger partial charge in [-0.2, -0.15) is 5.26 Å². The van der Waals surface area contributed by atoms with Gasteiger partial charge in [0.15, 0.2) is 0 Å². The quantitative estimate of drug-likeness (QED) is 0.712. The van der Waals surface area contributed by atoms with E-state index in [1.54, 1.807) is 0 Å². The van der Waals surface area contributed by atoms with Gasteiger partial charge in [-0.3, -0.25) is 4.79 Å². The third kappa shape index (κ3) is 3.45. The van der Waals surface area contributed by atoms with Crippen LogP contribution in [0.15, 0.2) is 0 Å². The van der Waals surface area contributed by atoms with Crippen LogP contribution in [0, 0.1) is 23.2 Å². The number of hydrogen-bond donors (Lipinski definition) is 1. The Morgan fingerprint density at radius 3 is 2.62 bits per heavy atom. The molecule has 0 bridgehead atoms. The van der Waals surface area contributed by atoms with Crippen molar-refractivity contribution in [1.82, 2.24) is 5.32 Å². The van der Waals surface area contributed by atoms with Gasteiger partial charge in [-0.25, -0.2) is 0 Å². The molecule has 0 heterocycles. The predicted molar refractivity (Wildman–Crippen MR) is 49.7 cm³/mol. The van der Waals surface area contributed by atoms with E-state index in [1.807, 2.05) is 13.8 Å². The number of rotatable bonds is 4. The summed E-state index contributed by atoms with van der Waals surface area (Å²) in [7, 11) is 0. The molecule has 0 aromatic heterocycles. The standard InChI is InChI=1S/C10H16N2O/c1-7(2)5-10(13)12-9(6-11)8-3-4-8/h7-9H,3-5H2,1-2H3,(H,12,13). The maximum Gasteiger partial charge on any atom is 0.221 e. The van der Waals surface area contributed by atoms with Crippen molar-refractivity contribution < 1.29 is 4.79 Å². The molecule has 72 valence electrons. The minimum atomic E-state index is -0.244. The molecular weight excluding hydrogens is 164 g/mol. The molecule has 0 saturated heterocycles. The van der Waals surface area contributed by atoms with E-state index >= 15 is 0 Å². The molecule has 0 aromatic carbocycles. The van der Waals surface area contributed by atoms with Crippen LogP contribution in [0.25, 0.3) is 0 Å². The molecule has 1 amide bonds. The lowest BCUT2D eigenvalue weighted by atomic mass is 10.1. The summed E-state index contributed by atoms with van der Waals surface area (Å²) in [6.45, 7) is 4.00. The van der Waals surface area contributed by atoms with Crippen molar-refractivity contribution in [2.24, 2.45) is 11.8 Å². The van der Waals surface area contributed by atoms with Crippen molar-refractivity contribution in [2.75, 3.05) is 0 Å². The summed E-state index contributed by atoms with van der Waals surface area (Å²) in [5, 5.41) is 11.5. The maximum atomic E-state index is 11.3. The number of nitriles is 1. The van der Waals surface area contributed by atoms with Crippen molar-refractivity contribution in [3.05, 3.63) is 0 Å². The molecule has 1 fully saturated rings. The zero-order valence-corrected chi connectivity index (χ0v) is 8.21. The predicted octanol–water partition coefficient (Wildman–Crippen LogP) is 1.45. The highest BCUT2D eigenvalue weighted by molar-refractivity contribution is 5.76. The van der Waals surface area contributed by atoms with E-state index in [-0.39, 0.29) is 11.9 Å². The molecule has 0 aliphatic heterocycles. The Kier molecular flexibility index (Phi) is 3.30. The highest BCUT2D eigenvalue weighted by Gasteiger charge is 2.32. The summed E-state index contributed by atoms with van der Waals surface area (Å²) in [4.78, 5) is 11.3. The van der Waals surface area contributed by atoms with Gasteiger partial charge < -0.3 is 5.32 Å². The summed E-state index contributed by atoms with van der Waals surface area (Å²) < 4.78 is 0. The summed E-state index contributed by atoms with van der Waals surface area (Å²) in [5.41, 5.74) is 0. The summed E-state index contributed by atoms with van der Waals surface area (Å²) in [6.07, 6.45) is 2.69. The van der Waals surface area contributed by atoms with Crippen LogP contribution in [0.3, 0.4) is 0 Å². The average molecular weight is 180 g/mol. The van der Waals surface area contributed by atoms with Crippen LogP contribution in [-0.2, 0) is 4.79 Å². The Balaban J connectivity index is 2.29. The van der Waals surface area contributed by atoms with Gasteiger partial charge in [0.25, 0.3) is 0 Å². The molecule has 1 aliphatic carbocycles. The highest BCUT2D eigenvalue weighted by Crippen LogP contribution is 2.32. The van der Waals surface area contributed by atoms with Crippen LogP contribution in [0.1, 0.15) is 33.1 Å². The smallest absolute Gasteiger partial charge is 0.221 e. The Morgan fingerprint density at radius 2 is 2.23 bits per heavy atom. The number of carbonyl (C=O) groups excluding carboxylic acids is 1. The van der Waals surface area contributed by atoms with Crippen molar-refractivity contribution in [3.8, 4) is 6.07 Å². The first-order valence-corrected chi connectivity index (χ1v) is 4.82. The Morgan fingerprint density at radius 1 is 1.62 bits per heavy atom. The normalized spacial score (nSPS) is 18.0. The van der Waals surface area contributed by atoms with E-state index in [9.17, 15) is 4.79 Å². The van der Waals surface area contributed by atoms with Crippen LogP contribution in [0.2, 0.25) is 0 Å². The first kappa shape index (κ1) is 10.0. The van der Waals surface area contributed by atoms with Crippen molar-refractivity contribution in [1.29, 1.82) is 5.26 Å². The molecule has 0 spiro atoms. The molecule has 13 heavy (non-hydrogen) atoms. The Labute approximate surface area is 79.1 Å². The monoisotopic (exact) mass is 180 g/mol. The summed E-state index contributed by atoms with van der Waals surface area (Å²) in [5.74, 6) is 0.785. The fourth-order valence-corrected chi connectivity index (χ4v) is 1.29. The first-order valence-electron chi connectivity index (χ1n) is 4.82. The third-order valence-electron chi connectivity index (χ3n) is 2.14. The minimum absolute atomic E-state index is 0.00782. The third-order valence-corrected chi connectivity index (χ3v) is 2.14. The number of amides is 1. The molecular formula is C10H16N2O. The van der Waals surface area contributed by atoms with Crippen LogP contribution >= 0.6 is 0 Å². The van der Waals surface area contributed by atoms with Gasteiger partial charge in [-0.05, 0) is 24.7 Å². The van der Waals surface area contributed by atoms with Crippen LogP contribution in [0.4, 0.5) is 0 Å². The minimum Gasteiger partial charge on any atom is -0.340 e. The van der Waals surface area contributed by atoms with E-state index in [1.165, 1.54) is 0 Å². The molecule has 1 aliphatic rings. The lowest BCUT2D eigenvalue weighted by molar-refractivity contribution is -0.122. The molecule has 1 atom stereocenters. The topological polar surface area (TPSA) is 52.9 Å². The number of hydrogen-bond acceptors (Lipinski definition) is 2. The van der Waals surface area contributed by atoms with Gasteiger partial charge in [0.2, 0.25) is 5.91 Å². The second kappa shape index (κ2) is 4.27. The molecule has 1 rings (SSSR count). The molecule has 1 unspecified atom stereocenters. The zero-order valence-electron chi connectivity index (χ0n) is 8.21. The lowest BCUT2D eigenvalue weighted by Gasteiger charge is -2.11. The highest BCUT2D eigenvalue weighted by atomic mass is 16.1. The maximum absolute atomic E-state index is 11.3. The van der Waals surface area contributed by atoms with E-state index in [0.717, 1.165) is 12.8 Å². The zero-order chi connectivity index (χ0) is 9.84. The van der Waals surface area contributed by atoms with Gasteiger partial charge in [-0.1, -0.05) is 13.8 Å². The van der Waals surface area contributed by atoms with Crippen molar-refractivity contribution in [2.45, 2.75) is 39.2 Å². The van der Waals surface area contributed by atoms with E-state index < -0.39 is 0 Å².